The van der Waals surface area contributed by atoms with Crippen molar-refractivity contribution >= 4 is 17.2 Å². The molecule has 0 atom stereocenters. The predicted octanol–water partition coefficient (Wildman–Crippen LogP) is 6.73. The summed E-state index contributed by atoms with van der Waals surface area (Å²) >= 11 is 0. The minimum absolute atomic E-state index is 0.0167. The van der Waals surface area contributed by atoms with Crippen LogP contribution in [-0.2, 0) is 26.0 Å². The molecule has 44 heavy (non-hydrogen) atoms. The van der Waals surface area contributed by atoms with Crippen LogP contribution in [0.2, 0.25) is 0 Å². The number of benzene rings is 2. The summed E-state index contributed by atoms with van der Waals surface area (Å²) in [4.78, 5) is 19.4. The number of hydrogen-bond acceptors (Lipinski definition) is 9. The Balaban J connectivity index is 0.000000930. The lowest BCUT2D eigenvalue weighted by atomic mass is 9.80. The summed E-state index contributed by atoms with van der Waals surface area (Å²) in [5, 5.41) is 34.0. The number of aliphatic hydroxyl groups is 4. The minimum atomic E-state index is -2.68. The summed E-state index contributed by atoms with van der Waals surface area (Å²) in [7, 11) is -4.80. The molecule has 252 valence electrons. The largest absolute Gasteiger partial charge is 0.470 e. The maximum absolute atomic E-state index is 9.69. The van der Waals surface area contributed by atoms with Gasteiger partial charge in [-0.2, -0.15) is 0 Å². The topological polar surface area (TPSA) is 149 Å². The van der Waals surface area contributed by atoms with Crippen LogP contribution in [0.4, 0.5) is 0 Å². The molecule has 0 aliphatic rings. The molecule has 0 unspecified atom stereocenters. The van der Waals surface area contributed by atoms with Gasteiger partial charge in [0, 0.05) is 11.1 Å². The third-order valence-corrected chi connectivity index (χ3v) is 8.94. The second kappa shape index (κ2) is 15.9. The quantitative estimate of drug-likeness (QED) is 0.153. The molecule has 0 aliphatic heterocycles. The van der Waals surface area contributed by atoms with Crippen molar-refractivity contribution in [2.45, 2.75) is 105 Å². The second-order valence-corrected chi connectivity index (χ2v) is 17.3. The van der Waals surface area contributed by atoms with Crippen molar-refractivity contribution in [2.75, 3.05) is 26.4 Å². The van der Waals surface area contributed by atoms with Crippen molar-refractivity contribution in [1.29, 1.82) is 0 Å². The number of aliphatic hydroxyl groups excluding tert-OH is 4. The fourth-order valence-electron chi connectivity index (χ4n) is 3.90. The molecule has 0 bridgehead atoms. The molecule has 2 rings (SSSR count). The number of hydrogen-bond donors (Lipinski definition) is 6. The van der Waals surface area contributed by atoms with Crippen LogP contribution in [0.15, 0.2) is 36.4 Å². The van der Waals surface area contributed by atoms with Crippen molar-refractivity contribution in [3.63, 3.8) is 0 Å². The SMILES string of the molecule is CC(C)(C)c1ccc(OP(Oc2ccc(C(C)(C)C)cc2C(C)(C)C)OP(O)O)c(C(C)(C)C)c1.OCC(CO)(CO)CO. The van der Waals surface area contributed by atoms with Crippen LogP contribution in [0.3, 0.4) is 0 Å². The lowest BCUT2D eigenvalue weighted by molar-refractivity contribution is -0.0328. The molecule has 0 spiro atoms. The molecule has 6 N–H and O–H groups in total. The molecule has 0 saturated carbocycles. The third kappa shape index (κ3) is 12.1. The van der Waals surface area contributed by atoms with Crippen LogP contribution < -0.4 is 9.05 Å². The van der Waals surface area contributed by atoms with E-state index in [1.54, 1.807) is 0 Å². The van der Waals surface area contributed by atoms with Crippen LogP contribution in [0.5, 0.6) is 11.5 Å². The Labute approximate surface area is 267 Å². The highest BCUT2D eigenvalue weighted by Crippen LogP contribution is 2.53. The van der Waals surface area contributed by atoms with Gasteiger partial charge in [0.2, 0.25) is 0 Å². The second-order valence-electron chi connectivity index (χ2n) is 15.3. The van der Waals surface area contributed by atoms with E-state index >= 15 is 0 Å². The van der Waals surface area contributed by atoms with Crippen LogP contribution in [-0.4, -0.2) is 56.6 Å². The first kappa shape index (κ1) is 40.6. The van der Waals surface area contributed by atoms with Gasteiger partial charge in [-0.3, -0.25) is 0 Å². The molecule has 9 nitrogen and oxygen atoms in total. The molecular weight excluding hydrogens is 602 g/mol. The first-order valence-electron chi connectivity index (χ1n) is 14.7. The maximum Gasteiger partial charge on any atom is 0.470 e. The molecule has 2 aromatic rings. The normalized spacial score (nSPS) is 13.2. The van der Waals surface area contributed by atoms with Crippen molar-refractivity contribution in [3.05, 3.63) is 58.7 Å². The van der Waals surface area contributed by atoms with Crippen LogP contribution >= 0.6 is 17.2 Å². The molecule has 0 aliphatic carbocycles. The van der Waals surface area contributed by atoms with Gasteiger partial charge in [-0.1, -0.05) is 107 Å². The highest BCUT2D eigenvalue weighted by molar-refractivity contribution is 7.55. The van der Waals surface area contributed by atoms with Gasteiger partial charge in [-0.25, -0.2) is 4.31 Å². The molecular formula is C33H56O9P2. The highest BCUT2D eigenvalue weighted by atomic mass is 31.2. The maximum atomic E-state index is 9.69. The van der Waals surface area contributed by atoms with Gasteiger partial charge in [0.05, 0.1) is 31.8 Å². The Kier molecular flexibility index (Phi) is 14.7. The first-order chi connectivity index (χ1) is 19.9. The van der Waals surface area contributed by atoms with Gasteiger partial charge < -0.3 is 39.3 Å². The fourth-order valence-corrected chi connectivity index (χ4v) is 5.32. The van der Waals surface area contributed by atoms with Crippen molar-refractivity contribution in [2.24, 2.45) is 5.41 Å². The van der Waals surface area contributed by atoms with Crippen LogP contribution in [0.1, 0.15) is 105 Å². The lowest BCUT2D eigenvalue weighted by Crippen LogP contribution is -2.37. The Bertz CT molecular complexity index is 1070. The fraction of sp³-hybridized carbons (Fsp3) is 0.636. The first-order valence-corrected chi connectivity index (χ1v) is 17.0. The summed E-state index contributed by atoms with van der Waals surface area (Å²) in [5.74, 6) is 1.22. The van der Waals surface area contributed by atoms with E-state index in [1.165, 1.54) is 11.1 Å². The zero-order valence-corrected chi connectivity index (χ0v) is 30.4. The molecule has 2 aromatic carbocycles. The van der Waals surface area contributed by atoms with Crippen molar-refractivity contribution < 1.29 is 43.6 Å². The Hall–Kier alpha value is -1.38. The standard InChI is InChI=1S/C28H44O5P2.C5H12O4/c1-25(2,3)19-13-15-23(21(17-19)27(7,8)9)31-35(33-34(29)30)32-24-16-14-20(26(4,5)6)18-22(24)28(10,11)12;6-1-5(2-7,3-8)4-9/h13-18,29-30H,1-12H3;6-9H,1-4H2. The number of rotatable bonds is 10. The van der Waals surface area contributed by atoms with Gasteiger partial charge in [-0.05, 0) is 44.9 Å². The summed E-state index contributed by atoms with van der Waals surface area (Å²) in [6.07, 6.45) is 0. The molecule has 0 radical (unpaired) electrons. The lowest BCUT2D eigenvalue weighted by Gasteiger charge is -2.30. The summed E-state index contributed by atoms with van der Waals surface area (Å²) in [6.45, 7) is 24.2. The zero-order chi connectivity index (χ0) is 34.3. The highest BCUT2D eigenvalue weighted by Gasteiger charge is 2.31. The monoisotopic (exact) mass is 658 g/mol. The van der Waals surface area contributed by atoms with E-state index in [-0.39, 0.29) is 21.7 Å². The third-order valence-electron chi connectivity index (χ3n) is 7.13. The van der Waals surface area contributed by atoms with E-state index in [4.69, 9.17) is 33.8 Å². The average molecular weight is 659 g/mol. The van der Waals surface area contributed by atoms with Gasteiger partial charge >= 0.3 is 17.2 Å². The van der Waals surface area contributed by atoms with Gasteiger partial charge in [-0.15, -0.1) is 0 Å². The van der Waals surface area contributed by atoms with Crippen LogP contribution in [0.25, 0.3) is 0 Å². The Morgan fingerprint density at radius 3 is 1.05 bits per heavy atom. The van der Waals surface area contributed by atoms with Gasteiger partial charge in [0.15, 0.2) is 0 Å². The Morgan fingerprint density at radius 2 is 0.841 bits per heavy atom. The molecule has 11 heteroatoms. The Morgan fingerprint density at radius 1 is 0.523 bits per heavy atom. The van der Waals surface area contributed by atoms with Crippen molar-refractivity contribution in [1.82, 2.24) is 0 Å². The molecule has 0 aromatic heterocycles. The van der Waals surface area contributed by atoms with E-state index < -0.39 is 49.0 Å². The summed E-state index contributed by atoms with van der Waals surface area (Å²) in [6, 6.07) is 12.2. The molecule has 0 heterocycles. The average Bonchev–Trinajstić information content (AvgIpc) is 2.88. The molecule has 0 amide bonds. The van der Waals surface area contributed by atoms with E-state index in [2.05, 4.69) is 95.2 Å². The van der Waals surface area contributed by atoms with Gasteiger partial charge in [0.1, 0.15) is 11.5 Å². The van der Waals surface area contributed by atoms with E-state index in [1.807, 2.05) is 24.3 Å². The molecule has 0 fully saturated rings. The smallest absolute Gasteiger partial charge is 0.417 e. The summed E-state index contributed by atoms with van der Waals surface area (Å²) in [5.41, 5.74) is 2.85. The van der Waals surface area contributed by atoms with E-state index in [0.29, 0.717) is 11.5 Å². The molecule has 0 saturated heterocycles. The predicted molar refractivity (Wildman–Crippen MR) is 179 cm³/mol. The summed E-state index contributed by atoms with van der Waals surface area (Å²) < 4.78 is 17.9. The van der Waals surface area contributed by atoms with Crippen LogP contribution in [0, 0.1) is 5.41 Å². The van der Waals surface area contributed by atoms with E-state index in [0.717, 1.165) is 11.1 Å². The van der Waals surface area contributed by atoms with Crippen molar-refractivity contribution in [3.8, 4) is 11.5 Å². The minimum Gasteiger partial charge on any atom is -0.417 e. The zero-order valence-electron chi connectivity index (χ0n) is 28.6. The van der Waals surface area contributed by atoms with E-state index in [9.17, 15) is 9.79 Å². The van der Waals surface area contributed by atoms with Gasteiger partial charge in [0.25, 0.3) is 0 Å².